The van der Waals surface area contributed by atoms with E-state index >= 15 is 0 Å². The Kier molecular flexibility index (Phi) is 2.54. The van der Waals surface area contributed by atoms with Gasteiger partial charge in [0.05, 0.1) is 0 Å². The van der Waals surface area contributed by atoms with Gasteiger partial charge in [-0.15, -0.1) is 0 Å². The molecule has 0 radical (unpaired) electrons. The molecule has 0 saturated carbocycles. The van der Waals surface area contributed by atoms with Crippen molar-refractivity contribution in [2.45, 2.75) is 37.6 Å². The number of amides is 1. The van der Waals surface area contributed by atoms with Crippen LogP contribution in [0.2, 0.25) is 0 Å². The Hall–Kier alpha value is -0.570. The first-order valence-corrected chi connectivity index (χ1v) is 5.30. The fourth-order valence-corrected chi connectivity index (χ4v) is 2.71. The standard InChI is InChI=1S/C10H18N2O/c13-9-12-8-2-1-3-10(12)4-6-11-7-5-10/h9,11H,1-8H2. The number of carbonyl (C=O) groups is 1. The molecule has 2 saturated heterocycles. The average Bonchev–Trinajstić information content (AvgIpc) is 2.20. The van der Waals surface area contributed by atoms with Crippen molar-refractivity contribution in [2.75, 3.05) is 19.6 Å². The molecule has 0 aromatic rings. The van der Waals surface area contributed by atoms with Crippen LogP contribution in [0.3, 0.4) is 0 Å². The molecule has 1 spiro atoms. The van der Waals surface area contributed by atoms with Gasteiger partial charge in [0.1, 0.15) is 0 Å². The number of carbonyl (C=O) groups excluding carboxylic acids is 1. The van der Waals surface area contributed by atoms with E-state index in [-0.39, 0.29) is 5.54 Å². The summed E-state index contributed by atoms with van der Waals surface area (Å²) in [5, 5.41) is 3.36. The summed E-state index contributed by atoms with van der Waals surface area (Å²) in [6.45, 7) is 3.12. The normalized spacial score (nSPS) is 27.5. The lowest BCUT2D eigenvalue weighted by atomic mass is 9.79. The molecule has 3 heteroatoms. The van der Waals surface area contributed by atoms with Crippen molar-refractivity contribution in [3.63, 3.8) is 0 Å². The third-order valence-corrected chi connectivity index (χ3v) is 3.56. The van der Waals surface area contributed by atoms with Gasteiger partial charge in [0.25, 0.3) is 0 Å². The van der Waals surface area contributed by atoms with Crippen LogP contribution in [0.5, 0.6) is 0 Å². The highest BCUT2D eigenvalue weighted by atomic mass is 16.1. The molecule has 2 heterocycles. The molecular weight excluding hydrogens is 164 g/mol. The predicted octanol–water partition coefficient (Wildman–Crippen LogP) is 0.751. The van der Waals surface area contributed by atoms with Crippen molar-refractivity contribution in [1.29, 1.82) is 0 Å². The van der Waals surface area contributed by atoms with E-state index in [1.165, 1.54) is 19.3 Å². The maximum absolute atomic E-state index is 10.9. The second-order valence-corrected chi connectivity index (χ2v) is 4.23. The summed E-state index contributed by atoms with van der Waals surface area (Å²) in [5.41, 5.74) is 0.227. The zero-order valence-corrected chi connectivity index (χ0v) is 8.09. The number of nitrogens with one attached hydrogen (secondary N) is 1. The SMILES string of the molecule is O=CN1CCCCC12CCNCC2. The summed E-state index contributed by atoms with van der Waals surface area (Å²) >= 11 is 0. The minimum atomic E-state index is 0.227. The van der Waals surface area contributed by atoms with Crippen LogP contribution in [0.25, 0.3) is 0 Å². The molecule has 0 bridgehead atoms. The van der Waals surface area contributed by atoms with Crippen LogP contribution in [0.4, 0.5) is 0 Å². The minimum Gasteiger partial charge on any atom is -0.339 e. The second kappa shape index (κ2) is 3.66. The molecule has 2 aliphatic heterocycles. The molecule has 2 rings (SSSR count). The van der Waals surface area contributed by atoms with Crippen molar-refractivity contribution in [3.8, 4) is 0 Å². The van der Waals surface area contributed by atoms with E-state index in [9.17, 15) is 4.79 Å². The fraction of sp³-hybridized carbons (Fsp3) is 0.900. The fourth-order valence-electron chi connectivity index (χ4n) is 2.71. The number of hydrogen-bond donors (Lipinski definition) is 1. The van der Waals surface area contributed by atoms with Crippen LogP contribution in [0.15, 0.2) is 0 Å². The Labute approximate surface area is 79.5 Å². The predicted molar refractivity (Wildman–Crippen MR) is 51.5 cm³/mol. The van der Waals surface area contributed by atoms with E-state index in [0.29, 0.717) is 0 Å². The quantitative estimate of drug-likeness (QED) is 0.607. The highest BCUT2D eigenvalue weighted by Gasteiger charge is 2.38. The van der Waals surface area contributed by atoms with Gasteiger partial charge in [-0.05, 0) is 45.2 Å². The van der Waals surface area contributed by atoms with Crippen molar-refractivity contribution in [2.24, 2.45) is 0 Å². The summed E-state index contributed by atoms with van der Waals surface area (Å²) in [6, 6.07) is 0. The van der Waals surface area contributed by atoms with Gasteiger partial charge < -0.3 is 10.2 Å². The molecule has 1 amide bonds. The minimum absolute atomic E-state index is 0.227. The lowest BCUT2D eigenvalue weighted by Crippen LogP contribution is -2.56. The smallest absolute Gasteiger partial charge is 0.210 e. The third kappa shape index (κ3) is 1.57. The maximum atomic E-state index is 10.9. The zero-order chi connectivity index (χ0) is 9.15. The van der Waals surface area contributed by atoms with Crippen LogP contribution in [0, 0.1) is 0 Å². The molecule has 74 valence electrons. The second-order valence-electron chi connectivity index (χ2n) is 4.23. The van der Waals surface area contributed by atoms with E-state index in [4.69, 9.17) is 0 Å². The van der Waals surface area contributed by atoms with E-state index in [2.05, 4.69) is 10.2 Å². The monoisotopic (exact) mass is 182 g/mol. The molecule has 13 heavy (non-hydrogen) atoms. The van der Waals surface area contributed by atoms with E-state index in [0.717, 1.165) is 38.9 Å². The lowest BCUT2D eigenvalue weighted by Gasteiger charge is -2.48. The largest absolute Gasteiger partial charge is 0.339 e. The number of likely N-dealkylation sites (tertiary alicyclic amines) is 1. The van der Waals surface area contributed by atoms with E-state index < -0.39 is 0 Å². The number of nitrogens with zero attached hydrogens (tertiary/aromatic N) is 1. The lowest BCUT2D eigenvalue weighted by molar-refractivity contribution is -0.127. The van der Waals surface area contributed by atoms with Crippen molar-refractivity contribution >= 4 is 6.41 Å². The molecule has 0 atom stereocenters. The zero-order valence-electron chi connectivity index (χ0n) is 8.09. The Morgan fingerprint density at radius 3 is 2.62 bits per heavy atom. The average molecular weight is 182 g/mol. The highest BCUT2D eigenvalue weighted by molar-refractivity contribution is 5.49. The molecular formula is C10H18N2O. The first kappa shape index (κ1) is 9.00. The number of rotatable bonds is 1. The molecule has 0 unspecified atom stereocenters. The van der Waals surface area contributed by atoms with Crippen LogP contribution in [0.1, 0.15) is 32.1 Å². The van der Waals surface area contributed by atoms with Crippen molar-refractivity contribution in [3.05, 3.63) is 0 Å². The van der Waals surface area contributed by atoms with Crippen LogP contribution in [-0.2, 0) is 4.79 Å². The topological polar surface area (TPSA) is 32.3 Å². The Bertz CT molecular complexity index is 179. The molecule has 2 fully saturated rings. The Morgan fingerprint density at radius 1 is 1.15 bits per heavy atom. The van der Waals surface area contributed by atoms with Gasteiger partial charge in [0.15, 0.2) is 0 Å². The highest BCUT2D eigenvalue weighted by Crippen LogP contribution is 2.34. The Morgan fingerprint density at radius 2 is 1.92 bits per heavy atom. The molecule has 0 aromatic heterocycles. The van der Waals surface area contributed by atoms with Crippen molar-refractivity contribution < 1.29 is 4.79 Å². The van der Waals surface area contributed by atoms with Gasteiger partial charge in [-0.1, -0.05) is 0 Å². The maximum Gasteiger partial charge on any atom is 0.210 e. The van der Waals surface area contributed by atoms with Crippen LogP contribution in [-0.4, -0.2) is 36.5 Å². The van der Waals surface area contributed by atoms with Gasteiger partial charge in [-0.3, -0.25) is 4.79 Å². The van der Waals surface area contributed by atoms with Crippen LogP contribution >= 0.6 is 0 Å². The summed E-state index contributed by atoms with van der Waals surface area (Å²) in [6.07, 6.45) is 7.05. The first-order chi connectivity index (χ1) is 6.37. The summed E-state index contributed by atoms with van der Waals surface area (Å²) in [4.78, 5) is 13.0. The third-order valence-electron chi connectivity index (χ3n) is 3.56. The number of piperidine rings is 2. The Balaban J connectivity index is 2.10. The molecule has 1 N–H and O–H groups in total. The van der Waals surface area contributed by atoms with E-state index in [1.807, 2.05) is 0 Å². The molecule has 3 nitrogen and oxygen atoms in total. The summed E-state index contributed by atoms with van der Waals surface area (Å²) < 4.78 is 0. The summed E-state index contributed by atoms with van der Waals surface area (Å²) in [5.74, 6) is 0. The van der Waals surface area contributed by atoms with Crippen molar-refractivity contribution in [1.82, 2.24) is 10.2 Å². The van der Waals surface area contributed by atoms with Gasteiger partial charge >= 0.3 is 0 Å². The number of hydrogen-bond acceptors (Lipinski definition) is 2. The molecule has 0 aromatic carbocycles. The van der Waals surface area contributed by atoms with Gasteiger partial charge in [-0.2, -0.15) is 0 Å². The van der Waals surface area contributed by atoms with Gasteiger partial charge in [0, 0.05) is 12.1 Å². The summed E-state index contributed by atoms with van der Waals surface area (Å²) in [7, 11) is 0. The van der Waals surface area contributed by atoms with Crippen LogP contribution < -0.4 is 5.32 Å². The van der Waals surface area contributed by atoms with E-state index in [1.54, 1.807) is 0 Å². The van der Waals surface area contributed by atoms with Gasteiger partial charge in [0.2, 0.25) is 6.41 Å². The van der Waals surface area contributed by atoms with Gasteiger partial charge in [-0.25, -0.2) is 0 Å². The first-order valence-electron chi connectivity index (χ1n) is 5.30. The molecule has 2 aliphatic rings. The molecule has 0 aliphatic carbocycles.